The molecule has 2 aromatic rings. The molecule has 2 aromatic carbocycles. The zero-order chi connectivity index (χ0) is 21.4. The summed E-state index contributed by atoms with van der Waals surface area (Å²) in [6.07, 6.45) is 5.48. The minimum absolute atomic E-state index is 0.0915. The maximum atomic E-state index is 13.2. The normalized spacial score (nSPS) is 32.1. The van der Waals surface area contributed by atoms with Crippen molar-refractivity contribution in [3.63, 3.8) is 0 Å². The summed E-state index contributed by atoms with van der Waals surface area (Å²) in [5.74, 6) is 0.657. The predicted molar refractivity (Wildman–Crippen MR) is 118 cm³/mol. The summed E-state index contributed by atoms with van der Waals surface area (Å²) in [6.45, 7) is 1.90. The number of amides is 3. The molecule has 5 aliphatic rings. The number of allylic oxidation sites excluding steroid dienone is 2. The van der Waals surface area contributed by atoms with Gasteiger partial charge in [0.15, 0.2) is 0 Å². The molecule has 1 heterocycles. The first-order chi connectivity index (χ1) is 14.9. The number of imide groups is 1. The van der Waals surface area contributed by atoms with Crippen LogP contribution in [0.25, 0.3) is 0 Å². The van der Waals surface area contributed by atoms with Crippen LogP contribution >= 0.6 is 11.6 Å². The van der Waals surface area contributed by atoms with E-state index in [9.17, 15) is 14.4 Å². The Balaban J connectivity index is 1.22. The van der Waals surface area contributed by atoms with Gasteiger partial charge in [-0.1, -0.05) is 29.8 Å². The summed E-state index contributed by atoms with van der Waals surface area (Å²) in [5.41, 5.74) is 2.53. The second-order valence-corrected chi connectivity index (χ2v) is 9.54. The zero-order valence-corrected chi connectivity index (χ0v) is 17.7. The summed E-state index contributed by atoms with van der Waals surface area (Å²) >= 11 is 6.13. The van der Waals surface area contributed by atoms with Gasteiger partial charge in [-0.25, -0.2) is 0 Å². The van der Waals surface area contributed by atoms with Crippen molar-refractivity contribution in [3.05, 3.63) is 70.8 Å². The van der Waals surface area contributed by atoms with Crippen molar-refractivity contribution in [2.75, 3.05) is 10.2 Å². The SMILES string of the molecule is Cc1ccc(NC(=O)c2ccc(N3C(=O)[C@H]4[C@@H]5C=C[C@@H]([C@H]6C[C@H]56)[C@@H]4C3=O)cc2)cc1Cl. The van der Waals surface area contributed by atoms with Crippen molar-refractivity contribution in [2.45, 2.75) is 13.3 Å². The van der Waals surface area contributed by atoms with E-state index in [1.54, 1.807) is 36.4 Å². The van der Waals surface area contributed by atoms with Gasteiger partial charge in [0.25, 0.3) is 5.91 Å². The van der Waals surface area contributed by atoms with Crippen LogP contribution in [0.3, 0.4) is 0 Å². The van der Waals surface area contributed by atoms with Gasteiger partial charge in [0.2, 0.25) is 11.8 Å². The molecule has 5 nitrogen and oxygen atoms in total. The fourth-order valence-corrected chi connectivity index (χ4v) is 6.03. The van der Waals surface area contributed by atoms with Crippen LogP contribution in [-0.2, 0) is 9.59 Å². The van der Waals surface area contributed by atoms with Crippen LogP contribution < -0.4 is 10.2 Å². The van der Waals surface area contributed by atoms with Gasteiger partial charge in [0.05, 0.1) is 17.5 Å². The highest BCUT2D eigenvalue weighted by Crippen LogP contribution is 2.65. The number of hydrogen-bond donors (Lipinski definition) is 1. The van der Waals surface area contributed by atoms with E-state index in [-0.39, 0.29) is 41.4 Å². The topological polar surface area (TPSA) is 66.5 Å². The number of halogens is 1. The van der Waals surface area contributed by atoms with Crippen LogP contribution in [0.1, 0.15) is 22.3 Å². The van der Waals surface area contributed by atoms with Gasteiger partial charge in [-0.15, -0.1) is 0 Å². The molecule has 31 heavy (non-hydrogen) atoms. The molecule has 2 saturated carbocycles. The second kappa shape index (κ2) is 6.54. The Morgan fingerprint density at radius 3 is 2.16 bits per heavy atom. The molecule has 3 amide bonds. The van der Waals surface area contributed by atoms with E-state index in [2.05, 4.69) is 17.5 Å². The minimum Gasteiger partial charge on any atom is -0.322 e. The largest absolute Gasteiger partial charge is 0.322 e. The van der Waals surface area contributed by atoms with E-state index >= 15 is 0 Å². The standard InChI is InChI=1S/C25H21ClN2O3/c1-12-2-5-14(10-20(12)26)27-23(29)13-3-6-15(7-4-13)28-24(30)21-16-8-9-17(19-11-18(16)19)22(21)25(28)31/h2-10,16-19,21-22H,11H2,1H3,(H,27,29)/t16-,17+,18-,19-,21+,22+/m1/s1. The van der Waals surface area contributed by atoms with Crippen molar-refractivity contribution >= 4 is 40.7 Å². The third-order valence-electron chi connectivity index (χ3n) is 7.48. The molecule has 6 heteroatoms. The van der Waals surface area contributed by atoms with Crippen molar-refractivity contribution in [2.24, 2.45) is 35.5 Å². The number of nitrogens with zero attached hydrogens (tertiary/aromatic N) is 1. The van der Waals surface area contributed by atoms with Crippen LogP contribution in [0.15, 0.2) is 54.6 Å². The number of nitrogens with one attached hydrogen (secondary N) is 1. The Bertz CT molecular complexity index is 1140. The highest BCUT2D eigenvalue weighted by atomic mass is 35.5. The Kier molecular flexibility index (Phi) is 3.97. The highest BCUT2D eigenvalue weighted by molar-refractivity contribution is 6.31. The summed E-state index contributed by atoms with van der Waals surface area (Å²) in [4.78, 5) is 40.4. The number of carbonyl (C=O) groups is 3. The van der Waals surface area contributed by atoms with Crippen molar-refractivity contribution in [3.8, 4) is 0 Å². The average molecular weight is 433 g/mol. The van der Waals surface area contributed by atoms with E-state index in [4.69, 9.17) is 11.6 Å². The first-order valence-corrected chi connectivity index (χ1v) is 11.1. The lowest BCUT2D eigenvalue weighted by Gasteiger charge is -2.37. The fourth-order valence-electron chi connectivity index (χ4n) is 5.85. The molecule has 0 spiro atoms. The van der Waals surface area contributed by atoms with Gasteiger partial charge in [0.1, 0.15) is 0 Å². The molecule has 1 saturated heterocycles. The molecule has 3 fully saturated rings. The molecule has 7 rings (SSSR count). The molecular formula is C25H21ClN2O3. The molecule has 0 radical (unpaired) electrons. The first-order valence-electron chi connectivity index (χ1n) is 10.7. The summed E-state index contributed by atoms with van der Waals surface area (Å²) < 4.78 is 0. The lowest BCUT2D eigenvalue weighted by molar-refractivity contribution is -0.124. The van der Waals surface area contributed by atoms with E-state index in [1.807, 2.05) is 13.0 Å². The molecule has 0 unspecified atom stereocenters. The monoisotopic (exact) mass is 432 g/mol. The highest BCUT2D eigenvalue weighted by Gasteiger charge is 2.67. The molecule has 1 aliphatic heterocycles. The summed E-state index contributed by atoms with van der Waals surface area (Å²) in [5, 5.41) is 3.41. The predicted octanol–water partition coefficient (Wildman–Crippen LogP) is 4.46. The van der Waals surface area contributed by atoms with Crippen LogP contribution in [0.2, 0.25) is 5.02 Å². The molecule has 2 bridgehead atoms. The molecule has 156 valence electrons. The van der Waals surface area contributed by atoms with Crippen LogP contribution in [0.4, 0.5) is 11.4 Å². The molecular weight excluding hydrogens is 412 g/mol. The fraction of sp³-hybridized carbons (Fsp3) is 0.320. The number of carbonyl (C=O) groups excluding carboxylic acids is 3. The number of anilines is 2. The van der Waals surface area contributed by atoms with Crippen LogP contribution in [0, 0.1) is 42.4 Å². The van der Waals surface area contributed by atoms with Crippen molar-refractivity contribution in [1.82, 2.24) is 0 Å². The average Bonchev–Trinajstić information content (AvgIpc) is 3.54. The molecule has 1 N–H and O–H groups in total. The van der Waals surface area contributed by atoms with Crippen LogP contribution in [-0.4, -0.2) is 17.7 Å². The zero-order valence-electron chi connectivity index (χ0n) is 16.9. The van der Waals surface area contributed by atoms with E-state index in [0.29, 0.717) is 33.8 Å². The lowest BCUT2D eigenvalue weighted by atomic mass is 9.63. The van der Waals surface area contributed by atoms with Crippen molar-refractivity contribution in [1.29, 1.82) is 0 Å². The first kappa shape index (κ1) is 18.8. The summed E-state index contributed by atoms with van der Waals surface area (Å²) in [7, 11) is 0. The second-order valence-electron chi connectivity index (χ2n) is 9.13. The van der Waals surface area contributed by atoms with Gasteiger partial charge in [-0.3, -0.25) is 19.3 Å². The number of aryl methyl sites for hydroxylation is 1. The van der Waals surface area contributed by atoms with Gasteiger partial charge in [0, 0.05) is 16.3 Å². The Morgan fingerprint density at radius 1 is 0.968 bits per heavy atom. The van der Waals surface area contributed by atoms with E-state index in [0.717, 1.165) is 12.0 Å². The van der Waals surface area contributed by atoms with Gasteiger partial charge in [-0.05, 0) is 79.0 Å². The van der Waals surface area contributed by atoms with Gasteiger partial charge < -0.3 is 5.32 Å². The quantitative estimate of drug-likeness (QED) is 0.575. The van der Waals surface area contributed by atoms with Gasteiger partial charge >= 0.3 is 0 Å². The summed E-state index contributed by atoms with van der Waals surface area (Å²) in [6, 6.07) is 12.0. The number of benzene rings is 2. The molecule has 6 atom stereocenters. The maximum Gasteiger partial charge on any atom is 0.255 e. The van der Waals surface area contributed by atoms with Gasteiger partial charge in [-0.2, -0.15) is 0 Å². The Morgan fingerprint density at radius 2 is 1.58 bits per heavy atom. The third kappa shape index (κ3) is 2.72. The minimum atomic E-state index is -0.276. The lowest BCUT2D eigenvalue weighted by Crippen LogP contribution is -2.40. The smallest absolute Gasteiger partial charge is 0.255 e. The third-order valence-corrected chi connectivity index (χ3v) is 7.89. The number of hydrogen-bond acceptors (Lipinski definition) is 3. The van der Waals surface area contributed by atoms with E-state index < -0.39 is 0 Å². The Labute approximate surface area is 185 Å². The number of rotatable bonds is 3. The molecule has 4 aliphatic carbocycles. The maximum absolute atomic E-state index is 13.2. The van der Waals surface area contributed by atoms with Crippen LogP contribution in [0.5, 0.6) is 0 Å². The molecule has 0 aromatic heterocycles. The Hall–Kier alpha value is -2.92. The van der Waals surface area contributed by atoms with Crippen molar-refractivity contribution < 1.29 is 14.4 Å². The van der Waals surface area contributed by atoms with E-state index in [1.165, 1.54) is 4.90 Å².